The fraction of sp³-hybridized carbons (Fsp3) is 0.261. The Balaban J connectivity index is 1.49. The second-order valence-corrected chi connectivity index (χ2v) is 7.26. The summed E-state index contributed by atoms with van der Waals surface area (Å²) in [6, 6.07) is 9.69. The summed E-state index contributed by atoms with van der Waals surface area (Å²) >= 11 is 0. The third-order valence-corrected chi connectivity index (χ3v) is 5.08. The molecule has 1 N–H and O–H groups in total. The molecule has 2 heterocycles. The van der Waals surface area contributed by atoms with E-state index in [4.69, 9.17) is 0 Å². The normalized spacial score (nSPS) is 14.1. The molecule has 140 valence electrons. The number of pyridine rings is 1. The van der Waals surface area contributed by atoms with Gasteiger partial charge in [-0.15, -0.1) is 0 Å². The van der Waals surface area contributed by atoms with E-state index in [1.807, 2.05) is 48.1 Å². The molecule has 0 aliphatic heterocycles. The van der Waals surface area contributed by atoms with Crippen molar-refractivity contribution >= 4 is 11.6 Å². The molecule has 1 aromatic carbocycles. The van der Waals surface area contributed by atoms with Crippen LogP contribution in [-0.2, 0) is 0 Å². The minimum atomic E-state index is -0.164. The fourth-order valence-corrected chi connectivity index (χ4v) is 3.10. The number of carbonyl (C=O) groups excluding carboxylic acids is 1. The second kappa shape index (κ2) is 7.69. The first-order valence-electron chi connectivity index (χ1n) is 9.48. The van der Waals surface area contributed by atoms with E-state index in [2.05, 4.69) is 34.2 Å². The van der Waals surface area contributed by atoms with Crippen molar-refractivity contribution in [1.82, 2.24) is 14.8 Å². The maximum absolute atomic E-state index is 12.7. The Hall–Kier alpha value is -3.39. The molecule has 3 aromatic rings. The predicted octanol–water partition coefficient (Wildman–Crippen LogP) is 4.21. The topological polar surface area (TPSA) is 59.8 Å². The molecule has 1 saturated carbocycles. The van der Waals surface area contributed by atoms with Gasteiger partial charge in [-0.25, -0.2) is 0 Å². The van der Waals surface area contributed by atoms with Crippen molar-refractivity contribution in [2.75, 3.05) is 5.32 Å². The molecule has 1 aliphatic carbocycles. The lowest BCUT2D eigenvalue weighted by Gasteiger charge is -2.09. The van der Waals surface area contributed by atoms with Crippen LogP contribution in [0.5, 0.6) is 0 Å². The van der Waals surface area contributed by atoms with Crippen molar-refractivity contribution in [2.45, 2.75) is 32.7 Å². The smallest absolute Gasteiger partial charge is 0.255 e. The van der Waals surface area contributed by atoms with E-state index in [0.29, 0.717) is 23.2 Å². The summed E-state index contributed by atoms with van der Waals surface area (Å²) in [5.74, 6) is 6.78. The summed E-state index contributed by atoms with van der Waals surface area (Å²) in [7, 11) is 0. The lowest BCUT2D eigenvalue weighted by Crippen LogP contribution is -2.12. The van der Waals surface area contributed by atoms with Gasteiger partial charge >= 0.3 is 0 Å². The largest absolute Gasteiger partial charge is 0.319 e. The molecule has 1 atom stereocenters. The molecule has 1 amide bonds. The number of nitrogens with one attached hydrogen (secondary N) is 1. The van der Waals surface area contributed by atoms with E-state index in [1.165, 1.54) is 12.8 Å². The number of carbonyl (C=O) groups is 1. The number of hydrogen-bond donors (Lipinski definition) is 1. The number of rotatable bonds is 4. The first kappa shape index (κ1) is 18.0. The number of amides is 1. The van der Waals surface area contributed by atoms with Gasteiger partial charge in [0.15, 0.2) is 0 Å². The average molecular weight is 370 g/mol. The molecule has 1 unspecified atom stereocenters. The first-order chi connectivity index (χ1) is 13.6. The van der Waals surface area contributed by atoms with Gasteiger partial charge in [0.25, 0.3) is 5.91 Å². The van der Waals surface area contributed by atoms with Gasteiger partial charge in [-0.3, -0.25) is 14.5 Å². The van der Waals surface area contributed by atoms with E-state index in [-0.39, 0.29) is 5.91 Å². The van der Waals surface area contributed by atoms with Gasteiger partial charge in [-0.05, 0) is 62.4 Å². The Labute approximate surface area is 164 Å². The molecular formula is C23H22N4O. The van der Waals surface area contributed by atoms with E-state index in [0.717, 1.165) is 16.7 Å². The van der Waals surface area contributed by atoms with Crippen LogP contribution >= 0.6 is 0 Å². The van der Waals surface area contributed by atoms with Crippen molar-refractivity contribution in [3.05, 3.63) is 77.4 Å². The molecule has 4 rings (SSSR count). The van der Waals surface area contributed by atoms with Gasteiger partial charge in [0, 0.05) is 35.3 Å². The number of anilines is 1. The quantitative estimate of drug-likeness (QED) is 0.700. The monoisotopic (exact) mass is 370 g/mol. The highest BCUT2D eigenvalue weighted by Gasteiger charge is 2.29. The Morgan fingerprint density at radius 2 is 2.11 bits per heavy atom. The van der Waals surface area contributed by atoms with Gasteiger partial charge in [-0.2, -0.15) is 5.10 Å². The van der Waals surface area contributed by atoms with Crippen molar-refractivity contribution in [1.29, 1.82) is 0 Å². The van der Waals surface area contributed by atoms with Crippen molar-refractivity contribution in [3.63, 3.8) is 0 Å². The number of benzene rings is 1. The molecular weight excluding hydrogens is 348 g/mol. The summed E-state index contributed by atoms with van der Waals surface area (Å²) in [5, 5.41) is 7.33. The van der Waals surface area contributed by atoms with Gasteiger partial charge in [0.2, 0.25) is 0 Å². The Bertz CT molecular complexity index is 1050. The van der Waals surface area contributed by atoms with Crippen LogP contribution in [0.3, 0.4) is 0 Å². The zero-order valence-electron chi connectivity index (χ0n) is 16.0. The highest BCUT2D eigenvalue weighted by Crippen LogP contribution is 2.39. The fourth-order valence-electron chi connectivity index (χ4n) is 3.10. The van der Waals surface area contributed by atoms with E-state index in [9.17, 15) is 4.79 Å². The van der Waals surface area contributed by atoms with E-state index < -0.39 is 0 Å². The molecule has 0 spiro atoms. The molecule has 5 nitrogen and oxygen atoms in total. The van der Waals surface area contributed by atoms with Crippen molar-refractivity contribution in [3.8, 4) is 11.8 Å². The molecule has 28 heavy (non-hydrogen) atoms. The number of aromatic nitrogens is 3. The molecule has 1 aliphatic rings. The molecule has 5 heteroatoms. The summed E-state index contributed by atoms with van der Waals surface area (Å²) in [6.07, 6.45) is 9.56. The number of nitrogens with zero attached hydrogens (tertiary/aromatic N) is 3. The van der Waals surface area contributed by atoms with Crippen LogP contribution in [0.2, 0.25) is 0 Å². The van der Waals surface area contributed by atoms with Crippen LogP contribution in [0.4, 0.5) is 5.69 Å². The Kier molecular flexibility index (Phi) is 4.94. The minimum absolute atomic E-state index is 0.164. The molecule has 0 radical (unpaired) electrons. The van der Waals surface area contributed by atoms with Gasteiger partial charge in [0.05, 0.1) is 17.9 Å². The maximum Gasteiger partial charge on any atom is 0.255 e. The van der Waals surface area contributed by atoms with Crippen LogP contribution in [0.25, 0.3) is 0 Å². The Morgan fingerprint density at radius 3 is 2.86 bits per heavy atom. The average Bonchev–Trinajstić information content (AvgIpc) is 3.46. The third kappa shape index (κ3) is 4.12. The van der Waals surface area contributed by atoms with Gasteiger partial charge < -0.3 is 5.32 Å². The summed E-state index contributed by atoms with van der Waals surface area (Å²) in [4.78, 5) is 16.7. The summed E-state index contributed by atoms with van der Waals surface area (Å²) < 4.78 is 1.94. The third-order valence-electron chi connectivity index (χ3n) is 5.08. The van der Waals surface area contributed by atoms with Crippen LogP contribution in [0.1, 0.15) is 52.9 Å². The minimum Gasteiger partial charge on any atom is -0.319 e. The van der Waals surface area contributed by atoms with Crippen LogP contribution in [0, 0.1) is 24.7 Å². The molecule has 0 saturated heterocycles. The second-order valence-electron chi connectivity index (χ2n) is 7.26. The zero-order valence-corrected chi connectivity index (χ0v) is 16.0. The zero-order chi connectivity index (χ0) is 19.5. The van der Waals surface area contributed by atoms with Gasteiger partial charge in [0.1, 0.15) is 0 Å². The standard InChI is InChI=1S/C23H22N4O/c1-16-5-7-21(12-20(16)8-6-18-4-3-11-24-13-18)23(28)26-22-14-25-27(15-22)17(2)19-9-10-19/h3-5,7,11-15,17,19H,9-10H2,1-2H3,(H,26,28). The summed E-state index contributed by atoms with van der Waals surface area (Å²) in [6.45, 7) is 4.15. The highest BCUT2D eigenvalue weighted by atomic mass is 16.1. The molecule has 2 aromatic heterocycles. The predicted molar refractivity (Wildman–Crippen MR) is 109 cm³/mol. The van der Waals surface area contributed by atoms with Gasteiger partial charge in [-0.1, -0.05) is 17.9 Å². The van der Waals surface area contributed by atoms with Crippen LogP contribution < -0.4 is 5.32 Å². The molecule has 0 bridgehead atoms. The summed E-state index contributed by atoms with van der Waals surface area (Å²) in [5.41, 5.74) is 3.98. The lowest BCUT2D eigenvalue weighted by molar-refractivity contribution is 0.102. The Morgan fingerprint density at radius 1 is 1.25 bits per heavy atom. The number of hydrogen-bond acceptors (Lipinski definition) is 3. The maximum atomic E-state index is 12.7. The number of aryl methyl sites for hydroxylation is 1. The van der Waals surface area contributed by atoms with E-state index >= 15 is 0 Å². The van der Waals surface area contributed by atoms with Crippen molar-refractivity contribution < 1.29 is 4.79 Å². The first-order valence-corrected chi connectivity index (χ1v) is 9.48. The lowest BCUT2D eigenvalue weighted by atomic mass is 10.0. The van der Waals surface area contributed by atoms with E-state index in [1.54, 1.807) is 18.6 Å². The SMILES string of the molecule is Cc1ccc(C(=O)Nc2cnn(C(C)C3CC3)c2)cc1C#Cc1cccnc1. The van der Waals surface area contributed by atoms with Crippen molar-refractivity contribution in [2.24, 2.45) is 5.92 Å². The van der Waals surface area contributed by atoms with Crippen LogP contribution in [-0.4, -0.2) is 20.7 Å². The van der Waals surface area contributed by atoms with Crippen LogP contribution in [0.15, 0.2) is 55.1 Å². The molecule has 1 fully saturated rings. The highest BCUT2D eigenvalue weighted by molar-refractivity contribution is 6.04.